The largest absolute Gasteiger partial charge is 0.342 e. The zero-order valence-corrected chi connectivity index (χ0v) is 16.5. The number of likely N-dealkylation sites (tertiary alicyclic amines) is 1. The highest BCUT2D eigenvalue weighted by molar-refractivity contribution is 6.30. The van der Waals surface area contributed by atoms with Gasteiger partial charge in [0.25, 0.3) is 0 Å². The minimum atomic E-state index is -0.00518. The summed E-state index contributed by atoms with van der Waals surface area (Å²) in [7, 11) is 0. The number of aryl methyl sites for hydroxylation is 1. The maximum absolute atomic E-state index is 12.8. The third-order valence-corrected chi connectivity index (χ3v) is 6.10. The van der Waals surface area contributed by atoms with Crippen LogP contribution in [0.15, 0.2) is 18.2 Å². The Morgan fingerprint density at radius 2 is 1.81 bits per heavy atom. The number of rotatable bonds is 3. The number of carbonyl (C=O) groups is 2. The van der Waals surface area contributed by atoms with Crippen molar-refractivity contribution < 1.29 is 9.59 Å². The topological polar surface area (TPSA) is 49.4 Å². The highest BCUT2D eigenvalue weighted by Crippen LogP contribution is 2.32. The minimum Gasteiger partial charge on any atom is -0.342 e. The number of hydrogen-bond acceptors (Lipinski definition) is 2. The summed E-state index contributed by atoms with van der Waals surface area (Å²) in [6, 6.07) is 5.49. The van der Waals surface area contributed by atoms with Crippen molar-refractivity contribution in [2.75, 3.05) is 18.4 Å². The second-order valence-corrected chi connectivity index (χ2v) is 8.47. The first-order chi connectivity index (χ1) is 12.4. The summed E-state index contributed by atoms with van der Waals surface area (Å²) in [5.74, 6) is 1.07. The van der Waals surface area contributed by atoms with Crippen LogP contribution in [-0.4, -0.2) is 29.8 Å². The molecule has 2 amide bonds. The van der Waals surface area contributed by atoms with Crippen LogP contribution in [0, 0.1) is 24.7 Å². The first-order valence-electron chi connectivity index (χ1n) is 9.80. The molecular weight excluding hydrogens is 348 g/mol. The van der Waals surface area contributed by atoms with Gasteiger partial charge in [-0.2, -0.15) is 0 Å². The molecule has 4 nitrogen and oxygen atoms in total. The molecule has 0 aromatic heterocycles. The van der Waals surface area contributed by atoms with E-state index in [0.29, 0.717) is 16.8 Å². The van der Waals surface area contributed by atoms with Crippen LogP contribution in [0.4, 0.5) is 5.69 Å². The Labute approximate surface area is 161 Å². The van der Waals surface area contributed by atoms with Crippen molar-refractivity contribution in [1.29, 1.82) is 0 Å². The van der Waals surface area contributed by atoms with Crippen molar-refractivity contribution in [3.8, 4) is 0 Å². The lowest BCUT2D eigenvalue weighted by atomic mass is 9.80. The van der Waals surface area contributed by atoms with Crippen LogP contribution >= 0.6 is 11.6 Å². The monoisotopic (exact) mass is 376 g/mol. The zero-order valence-electron chi connectivity index (χ0n) is 15.8. The van der Waals surface area contributed by atoms with E-state index in [1.54, 1.807) is 6.07 Å². The van der Waals surface area contributed by atoms with Crippen molar-refractivity contribution in [3.05, 3.63) is 28.8 Å². The molecule has 1 aromatic carbocycles. The molecule has 142 valence electrons. The lowest BCUT2D eigenvalue weighted by molar-refractivity contribution is -0.139. The third kappa shape index (κ3) is 4.59. The molecule has 0 spiro atoms. The van der Waals surface area contributed by atoms with E-state index in [1.807, 2.05) is 19.1 Å². The number of nitrogens with zero attached hydrogens (tertiary/aromatic N) is 1. The van der Waals surface area contributed by atoms with Crippen LogP contribution in [0.1, 0.15) is 51.0 Å². The SMILES string of the molecule is Cc1cc(Cl)ccc1NC(=O)C1CCC(C(=O)N2CCCC(C)C2)CC1. The van der Waals surface area contributed by atoms with Crippen molar-refractivity contribution in [2.24, 2.45) is 17.8 Å². The van der Waals surface area contributed by atoms with E-state index in [-0.39, 0.29) is 17.7 Å². The van der Waals surface area contributed by atoms with Crippen molar-refractivity contribution in [3.63, 3.8) is 0 Å². The number of amides is 2. The Morgan fingerprint density at radius 3 is 2.46 bits per heavy atom. The average molecular weight is 377 g/mol. The molecule has 1 aliphatic carbocycles. The molecule has 2 aliphatic rings. The zero-order chi connectivity index (χ0) is 18.7. The van der Waals surface area contributed by atoms with E-state index in [9.17, 15) is 9.59 Å². The Hall–Kier alpha value is -1.55. The molecule has 2 fully saturated rings. The molecule has 1 aromatic rings. The molecule has 1 saturated carbocycles. The van der Waals surface area contributed by atoms with Gasteiger partial charge in [0.2, 0.25) is 11.8 Å². The number of carbonyl (C=O) groups excluding carboxylic acids is 2. The first-order valence-corrected chi connectivity index (χ1v) is 10.2. The summed E-state index contributed by atoms with van der Waals surface area (Å²) in [5.41, 5.74) is 1.79. The van der Waals surface area contributed by atoms with Crippen molar-refractivity contribution >= 4 is 29.1 Å². The molecule has 26 heavy (non-hydrogen) atoms. The summed E-state index contributed by atoms with van der Waals surface area (Å²) in [4.78, 5) is 27.4. The Kier molecular flexibility index (Phi) is 6.23. The molecule has 0 radical (unpaired) electrons. The van der Waals surface area contributed by atoms with Gasteiger partial charge in [0.05, 0.1) is 0 Å². The third-order valence-electron chi connectivity index (χ3n) is 5.86. The molecule has 1 unspecified atom stereocenters. The van der Waals surface area contributed by atoms with E-state index < -0.39 is 0 Å². The Balaban J connectivity index is 1.51. The summed E-state index contributed by atoms with van der Waals surface area (Å²) < 4.78 is 0. The lowest BCUT2D eigenvalue weighted by Crippen LogP contribution is -2.43. The molecule has 1 N–H and O–H groups in total. The fourth-order valence-corrected chi connectivity index (χ4v) is 4.48. The highest BCUT2D eigenvalue weighted by atomic mass is 35.5. The van der Waals surface area contributed by atoms with Crippen LogP contribution in [0.5, 0.6) is 0 Å². The van der Waals surface area contributed by atoms with E-state index in [2.05, 4.69) is 17.1 Å². The van der Waals surface area contributed by atoms with Crippen molar-refractivity contribution in [1.82, 2.24) is 4.90 Å². The Bertz CT molecular complexity index is 668. The normalized spacial score (nSPS) is 26.4. The molecule has 1 saturated heterocycles. The van der Waals surface area contributed by atoms with Crippen LogP contribution in [0.25, 0.3) is 0 Å². The minimum absolute atomic E-state index is 0.00518. The number of halogens is 1. The van der Waals surface area contributed by atoms with E-state index in [4.69, 9.17) is 11.6 Å². The fraction of sp³-hybridized carbons (Fsp3) is 0.619. The molecule has 5 heteroatoms. The Morgan fingerprint density at radius 1 is 1.12 bits per heavy atom. The number of piperidine rings is 1. The number of anilines is 1. The predicted octanol–water partition coefficient (Wildman–Crippen LogP) is 4.65. The summed E-state index contributed by atoms with van der Waals surface area (Å²) in [6.07, 6.45) is 5.56. The predicted molar refractivity (Wildman–Crippen MR) is 105 cm³/mol. The van der Waals surface area contributed by atoms with Gasteiger partial charge in [-0.1, -0.05) is 18.5 Å². The van der Waals surface area contributed by atoms with Gasteiger partial charge in [0.15, 0.2) is 0 Å². The van der Waals surface area contributed by atoms with Gasteiger partial charge in [0.1, 0.15) is 0 Å². The lowest BCUT2D eigenvalue weighted by Gasteiger charge is -2.35. The van der Waals surface area contributed by atoms with Gasteiger partial charge in [-0.25, -0.2) is 0 Å². The van der Waals surface area contributed by atoms with Gasteiger partial charge in [-0.3, -0.25) is 9.59 Å². The first kappa shape index (κ1) is 19.2. The van der Waals surface area contributed by atoms with Crippen LogP contribution in [-0.2, 0) is 9.59 Å². The molecule has 3 rings (SSSR count). The number of benzene rings is 1. The second-order valence-electron chi connectivity index (χ2n) is 8.03. The van der Waals surface area contributed by atoms with E-state index >= 15 is 0 Å². The summed E-state index contributed by atoms with van der Waals surface area (Å²) >= 11 is 5.97. The fourth-order valence-electron chi connectivity index (χ4n) is 4.25. The van der Waals surface area contributed by atoms with Gasteiger partial charge in [0, 0.05) is 35.6 Å². The smallest absolute Gasteiger partial charge is 0.227 e. The van der Waals surface area contributed by atoms with Gasteiger partial charge in [-0.15, -0.1) is 0 Å². The number of nitrogens with one attached hydrogen (secondary N) is 1. The highest BCUT2D eigenvalue weighted by Gasteiger charge is 2.33. The number of hydrogen-bond donors (Lipinski definition) is 1. The maximum atomic E-state index is 12.8. The summed E-state index contributed by atoms with van der Waals surface area (Å²) in [5, 5.41) is 3.70. The summed E-state index contributed by atoms with van der Waals surface area (Å²) in [6.45, 7) is 5.96. The van der Waals surface area contributed by atoms with E-state index in [1.165, 1.54) is 6.42 Å². The van der Waals surface area contributed by atoms with Gasteiger partial charge < -0.3 is 10.2 Å². The molecular formula is C21H29ClN2O2. The van der Waals surface area contributed by atoms with Crippen molar-refractivity contribution in [2.45, 2.75) is 52.4 Å². The van der Waals surface area contributed by atoms with Gasteiger partial charge >= 0.3 is 0 Å². The average Bonchev–Trinajstić information content (AvgIpc) is 2.63. The van der Waals surface area contributed by atoms with E-state index in [0.717, 1.165) is 56.4 Å². The second kappa shape index (κ2) is 8.43. The van der Waals surface area contributed by atoms with Gasteiger partial charge in [-0.05, 0) is 75.1 Å². The quantitative estimate of drug-likeness (QED) is 0.834. The maximum Gasteiger partial charge on any atom is 0.227 e. The molecule has 1 heterocycles. The molecule has 1 aliphatic heterocycles. The van der Waals surface area contributed by atoms with Crippen LogP contribution < -0.4 is 5.32 Å². The molecule has 1 atom stereocenters. The van der Waals surface area contributed by atoms with Crippen LogP contribution in [0.2, 0.25) is 5.02 Å². The van der Waals surface area contributed by atoms with Crippen LogP contribution in [0.3, 0.4) is 0 Å². The molecule has 0 bridgehead atoms. The standard InChI is InChI=1S/C21H29ClN2O2/c1-14-4-3-11-24(13-14)21(26)17-7-5-16(6-8-17)20(25)23-19-10-9-18(22)12-15(19)2/h9-10,12,14,16-17H,3-8,11,13H2,1-2H3,(H,23,25).